The standard InChI is InChI=1S/C21H26N2O5S/c1-4-22-29(25,26)17-8-5-7-15(13-17)21(24)23-12-6-9-19(23)18-11-10-16(27-2)14-20(18)28-3/h5,7-8,10-11,13-14,19,22H,4,6,9,12H2,1-3H3. The topological polar surface area (TPSA) is 84.9 Å². The molecule has 2 aromatic rings. The second-order valence-electron chi connectivity index (χ2n) is 6.79. The lowest BCUT2D eigenvalue weighted by molar-refractivity contribution is 0.0734. The van der Waals surface area contributed by atoms with Gasteiger partial charge in [0.1, 0.15) is 11.5 Å². The van der Waals surface area contributed by atoms with Gasteiger partial charge in [0.15, 0.2) is 0 Å². The number of carbonyl (C=O) groups is 1. The Hall–Kier alpha value is -2.58. The third-order valence-electron chi connectivity index (χ3n) is 5.04. The maximum atomic E-state index is 13.2. The first kappa shape index (κ1) is 21.1. The predicted octanol–water partition coefficient (Wildman–Crippen LogP) is 2.98. The number of nitrogens with one attached hydrogen (secondary N) is 1. The number of rotatable bonds is 7. The number of methoxy groups -OCH3 is 2. The predicted molar refractivity (Wildman–Crippen MR) is 110 cm³/mol. The summed E-state index contributed by atoms with van der Waals surface area (Å²) in [5.41, 5.74) is 1.26. The van der Waals surface area contributed by atoms with Crippen LogP contribution in [0.4, 0.5) is 0 Å². The number of hydrogen-bond acceptors (Lipinski definition) is 5. The van der Waals surface area contributed by atoms with Gasteiger partial charge in [-0.3, -0.25) is 4.79 Å². The van der Waals surface area contributed by atoms with E-state index < -0.39 is 10.0 Å². The smallest absolute Gasteiger partial charge is 0.254 e. The highest BCUT2D eigenvalue weighted by atomic mass is 32.2. The molecule has 1 aliphatic heterocycles. The van der Waals surface area contributed by atoms with Gasteiger partial charge in [-0.1, -0.05) is 13.0 Å². The molecule has 1 fully saturated rings. The molecule has 1 unspecified atom stereocenters. The first-order chi connectivity index (χ1) is 13.9. The highest BCUT2D eigenvalue weighted by Gasteiger charge is 2.33. The fourth-order valence-electron chi connectivity index (χ4n) is 3.66. The van der Waals surface area contributed by atoms with Gasteiger partial charge in [0.05, 0.1) is 25.2 Å². The van der Waals surface area contributed by atoms with Crippen LogP contribution in [0.5, 0.6) is 11.5 Å². The summed E-state index contributed by atoms with van der Waals surface area (Å²) in [6.45, 7) is 2.60. The Balaban J connectivity index is 1.92. The number of nitrogens with zero attached hydrogens (tertiary/aromatic N) is 1. The summed E-state index contributed by atoms with van der Waals surface area (Å²) in [6, 6.07) is 11.6. The third kappa shape index (κ3) is 4.38. The number of amides is 1. The number of hydrogen-bond donors (Lipinski definition) is 1. The van der Waals surface area contributed by atoms with Crippen LogP contribution in [0.3, 0.4) is 0 Å². The van der Waals surface area contributed by atoms with Gasteiger partial charge >= 0.3 is 0 Å². The second kappa shape index (κ2) is 8.84. The Kier molecular flexibility index (Phi) is 6.44. The van der Waals surface area contributed by atoms with Crippen LogP contribution >= 0.6 is 0 Å². The molecule has 1 saturated heterocycles. The molecule has 29 heavy (non-hydrogen) atoms. The average molecular weight is 419 g/mol. The quantitative estimate of drug-likeness (QED) is 0.747. The number of sulfonamides is 1. The summed E-state index contributed by atoms with van der Waals surface area (Å²) in [5.74, 6) is 1.15. The molecule has 0 radical (unpaired) electrons. The maximum Gasteiger partial charge on any atom is 0.254 e. The molecule has 0 aliphatic carbocycles. The van der Waals surface area contributed by atoms with E-state index in [9.17, 15) is 13.2 Å². The highest BCUT2D eigenvalue weighted by molar-refractivity contribution is 7.89. The van der Waals surface area contributed by atoms with Gasteiger partial charge in [-0.2, -0.15) is 0 Å². The molecule has 0 saturated carbocycles. The molecule has 156 valence electrons. The average Bonchev–Trinajstić information content (AvgIpc) is 3.22. The molecule has 0 aromatic heterocycles. The van der Waals surface area contributed by atoms with Gasteiger partial charge in [0.25, 0.3) is 5.91 Å². The summed E-state index contributed by atoms with van der Waals surface area (Å²) < 4.78 is 37.8. The summed E-state index contributed by atoms with van der Waals surface area (Å²) in [7, 11) is -0.445. The molecule has 8 heteroatoms. The molecule has 1 N–H and O–H groups in total. The number of benzene rings is 2. The van der Waals surface area contributed by atoms with Crippen molar-refractivity contribution in [2.24, 2.45) is 0 Å². The van der Waals surface area contributed by atoms with Crippen LogP contribution in [0.25, 0.3) is 0 Å². The lowest BCUT2D eigenvalue weighted by Crippen LogP contribution is -2.31. The molecule has 7 nitrogen and oxygen atoms in total. The molecule has 3 rings (SSSR count). The monoisotopic (exact) mass is 418 g/mol. The van der Waals surface area contributed by atoms with E-state index in [0.717, 1.165) is 18.4 Å². The van der Waals surface area contributed by atoms with Crippen LogP contribution in [0.15, 0.2) is 47.4 Å². The minimum atomic E-state index is -3.63. The molecule has 1 atom stereocenters. The number of carbonyl (C=O) groups excluding carboxylic acids is 1. The Morgan fingerprint density at radius 2 is 1.97 bits per heavy atom. The summed E-state index contributed by atoms with van der Waals surface area (Å²) >= 11 is 0. The van der Waals surface area contributed by atoms with Crippen LogP contribution in [0.2, 0.25) is 0 Å². The van der Waals surface area contributed by atoms with Crippen molar-refractivity contribution in [2.45, 2.75) is 30.7 Å². The molecule has 1 amide bonds. The van der Waals surface area contributed by atoms with Crippen LogP contribution in [-0.2, 0) is 10.0 Å². The van der Waals surface area contributed by atoms with E-state index in [4.69, 9.17) is 9.47 Å². The molecular weight excluding hydrogens is 392 g/mol. The molecule has 0 spiro atoms. The fourth-order valence-corrected chi connectivity index (χ4v) is 4.75. The van der Waals surface area contributed by atoms with E-state index in [1.165, 1.54) is 12.1 Å². The summed E-state index contributed by atoms with van der Waals surface area (Å²) in [6.07, 6.45) is 1.67. The Morgan fingerprint density at radius 1 is 1.17 bits per heavy atom. The first-order valence-electron chi connectivity index (χ1n) is 9.54. The van der Waals surface area contributed by atoms with E-state index in [1.807, 2.05) is 12.1 Å². The molecular formula is C21H26N2O5S. The maximum absolute atomic E-state index is 13.2. The van der Waals surface area contributed by atoms with Gasteiger partial charge in [-0.25, -0.2) is 13.1 Å². The van der Waals surface area contributed by atoms with E-state index in [-0.39, 0.29) is 23.4 Å². The normalized spacial score (nSPS) is 16.7. The van der Waals surface area contributed by atoms with Crippen molar-refractivity contribution < 1.29 is 22.7 Å². The number of likely N-dealkylation sites (tertiary alicyclic amines) is 1. The molecule has 1 heterocycles. The lowest BCUT2D eigenvalue weighted by Gasteiger charge is -2.27. The lowest BCUT2D eigenvalue weighted by atomic mass is 10.0. The van der Waals surface area contributed by atoms with Crippen molar-refractivity contribution in [3.05, 3.63) is 53.6 Å². The Bertz CT molecular complexity index is 990. The van der Waals surface area contributed by atoms with Crippen molar-refractivity contribution in [3.8, 4) is 11.5 Å². The fraction of sp³-hybridized carbons (Fsp3) is 0.381. The highest BCUT2D eigenvalue weighted by Crippen LogP contribution is 2.39. The minimum absolute atomic E-state index is 0.0861. The summed E-state index contributed by atoms with van der Waals surface area (Å²) in [5, 5.41) is 0. The summed E-state index contributed by atoms with van der Waals surface area (Å²) in [4.78, 5) is 15.1. The minimum Gasteiger partial charge on any atom is -0.497 e. The van der Waals surface area contributed by atoms with Crippen molar-refractivity contribution in [1.82, 2.24) is 9.62 Å². The van der Waals surface area contributed by atoms with Gasteiger partial charge < -0.3 is 14.4 Å². The van der Waals surface area contributed by atoms with Crippen LogP contribution < -0.4 is 14.2 Å². The van der Waals surface area contributed by atoms with Gasteiger partial charge in [0.2, 0.25) is 10.0 Å². The molecule has 2 aromatic carbocycles. The van der Waals surface area contributed by atoms with Crippen LogP contribution in [0.1, 0.15) is 41.7 Å². The zero-order valence-electron chi connectivity index (χ0n) is 16.8. The van der Waals surface area contributed by atoms with Crippen LogP contribution in [-0.4, -0.2) is 46.5 Å². The molecule has 0 bridgehead atoms. The van der Waals surface area contributed by atoms with Gasteiger partial charge in [-0.15, -0.1) is 0 Å². The first-order valence-corrected chi connectivity index (χ1v) is 11.0. The Morgan fingerprint density at radius 3 is 2.66 bits per heavy atom. The zero-order valence-corrected chi connectivity index (χ0v) is 17.7. The van der Waals surface area contributed by atoms with E-state index in [0.29, 0.717) is 23.6 Å². The SMILES string of the molecule is CCNS(=O)(=O)c1cccc(C(=O)N2CCCC2c2ccc(OC)cc2OC)c1. The largest absolute Gasteiger partial charge is 0.497 e. The molecule has 1 aliphatic rings. The van der Waals surface area contributed by atoms with Crippen molar-refractivity contribution in [3.63, 3.8) is 0 Å². The van der Waals surface area contributed by atoms with E-state index in [1.54, 1.807) is 44.2 Å². The third-order valence-corrected chi connectivity index (χ3v) is 6.58. The van der Waals surface area contributed by atoms with Crippen molar-refractivity contribution in [2.75, 3.05) is 27.3 Å². The second-order valence-corrected chi connectivity index (χ2v) is 8.56. The van der Waals surface area contributed by atoms with Crippen LogP contribution in [0, 0.1) is 0 Å². The zero-order chi connectivity index (χ0) is 21.0. The Labute approximate surface area is 171 Å². The van der Waals surface area contributed by atoms with E-state index >= 15 is 0 Å². The van der Waals surface area contributed by atoms with Gasteiger partial charge in [0, 0.05) is 30.3 Å². The van der Waals surface area contributed by atoms with Gasteiger partial charge in [-0.05, 0) is 43.2 Å². The number of ether oxygens (including phenoxy) is 2. The van der Waals surface area contributed by atoms with Crippen molar-refractivity contribution in [1.29, 1.82) is 0 Å². The van der Waals surface area contributed by atoms with E-state index in [2.05, 4.69) is 4.72 Å². The van der Waals surface area contributed by atoms with Crippen molar-refractivity contribution >= 4 is 15.9 Å².